The first-order chi connectivity index (χ1) is 11.2. The molecular formula is C17H23N5O. The van der Waals surface area contributed by atoms with Gasteiger partial charge in [-0.15, -0.1) is 0 Å². The van der Waals surface area contributed by atoms with Gasteiger partial charge in [0.2, 0.25) is 5.91 Å². The summed E-state index contributed by atoms with van der Waals surface area (Å²) in [5, 5.41) is 3.22. The number of nitrogens with one attached hydrogen (secondary N) is 2. The molecule has 6 heteroatoms. The molecule has 1 aliphatic heterocycles. The molecule has 1 aliphatic rings. The van der Waals surface area contributed by atoms with E-state index in [2.05, 4.69) is 20.3 Å². The molecule has 23 heavy (non-hydrogen) atoms. The molecular weight excluding hydrogens is 290 g/mol. The number of aryl methyl sites for hydroxylation is 1. The number of nitrogens with zero attached hydrogens (tertiary/aromatic N) is 3. The second kappa shape index (κ2) is 7.37. The maximum Gasteiger partial charge on any atom is 0.236 e. The third kappa shape index (κ3) is 3.96. The molecule has 122 valence electrons. The maximum atomic E-state index is 11.9. The van der Waals surface area contributed by atoms with Crippen LogP contribution in [0.1, 0.15) is 24.1 Å². The molecule has 1 amide bonds. The first kappa shape index (κ1) is 15.7. The molecule has 6 nitrogen and oxygen atoms in total. The van der Waals surface area contributed by atoms with Crippen molar-refractivity contribution in [1.29, 1.82) is 0 Å². The van der Waals surface area contributed by atoms with Gasteiger partial charge in [-0.2, -0.15) is 0 Å². The van der Waals surface area contributed by atoms with E-state index >= 15 is 0 Å². The molecule has 1 fully saturated rings. The standard InChI is InChI=1S/C17H23N5O/c1-13-10-18-7-5-15(13)17-20-11-14(21-17)4-6-19-12-16(23)22-8-2-3-9-22/h5,7,10-11,19H,2-4,6,8-9,12H2,1H3,(H,20,21). The second-order valence-electron chi connectivity index (χ2n) is 5.96. The lowest BCUT2D eigenvalue weighted by atomic mass is 10.1. The molecule has 0 unspecified atom stereocenters. The van der Waals surface area contributed by atoms with Gasteiger partial charge in [0.05, 0.1) is 6.54 Å². The van der Waals surface area contributed by atoms with Crippen LogP contribution in [0, 0.1) is 6.92 Å². The molecule has 0 aliphatic carbocycles. The maximum absolute atomic E-state index is 11.9. The number of aromatic amines is 1. The summed E-state index contributed by atoms with van der Waals surface area (Å²) in [6.45, 7) is 5.03. The van der Waals surface area contributed by atoms with E-state index in [1.165, 1.54) is 0 Å². The fraction of sp³-hybridized carbons (Fsp3) is 0.471. The largest absolute Gasteiger partial charge is 0.342 e. The minimum atomic E-state index is 0.209. The van der Waals surface area contributed by atoms with E-state index in [9.17, 15) is 4.79 Å². The van der Waals surface area contributed by atoms with Crippen molar-refractivity contribution in [3.05, 3.63) is 35.9 Å². The summed E-state index contributed by atoms with van der Waals surface area (Å²) in [6, 6.07) is 1.96. The zero-order chi connectivity index (χ0) is 16.1. The van der Waals surface area contributed by atoms with Gasteiger partial charge in [-0.1, -0.05) is 0 Å². The highest BCUT2D eigenvalue weighted by atomic mass is 16.2. The van der Waals surface area contributed by atoms with E-state index in [-0.39, 0.29) is 5.91 Å². The van der Waals surface area contributed by atoms with Crippen molar-refractivity contribution < 1.29 is 4.79 Å². The van der Waals surface area contributed by atoms with Gasteiger partial charge in [0.25, 0.3) is 0 Å². The van der Waals surface area contributed by atoms with Gasteiger partial charge >= 0.3 is 0 Å². The Morgan fingerprint density at radius 1 is 1.35 bits per heavy atom. The predicted octanol–water partition coefficient (Wildman–Crippen LogP) is 1.53. The molecule has 0 atom stereocenters. The minimum Gasteiger partial charge on any atom is -0.342 e. The van der Waals surface area contributed by atoms with E-state index in [0.29, 0.717) is 6.54 Å². The smallest absolute Gasteiger partial charge is 0.236 e. The molecule has 2 aromatic rings. The van der Waals surface area contributed by atoms with Gasteiger partial charge in [-0.3, -0.25) is 9.78 Å². The number of hydrogen-bond donors (Lipinski definition) is 2. The number of imidazole rings is 1. The highest BCUT2D eigenvalue weighted by Gasteiger charge is 2.16. The zero-order valence-corrected chi connectivity index (χ0v) is 13.5. The Kier molecular flexibility index (Phi) is 5.02. The Labute approximate surface area is 136 Å². The number of rotatable bonds is 6. The van der Waals surface area contributed by atoms with Crippen molar-refractivity contribution in [3.8, 4) is 11.4 Å². The Bertz CT molecular complexity index is 661. The number of hydrogen-bond acceptors (Lipinski definition) is 4. The molecule has 2 aromatic heterocycles. The Balaban J connectivity index is 1.46. The Hall–Kier alpha value is -2.21. The number of amides is 1. The molecule has 0 aromatic carbocycles. The van der Waals surface area contributed by atoms with Crippen LogP contribution in [0.5, 0.6) is 0 Å². The molecule has 3 heterocycles. The van der Waals surface area contributed by atoms with Gasteiger partial charge < -0.3 is 15.2 Å². The van der Waals surface area contributed by atoms with Crippen molar-refractivity contribution in [2.75, 3.05) is 26.2 Å². The SMILES string of the molecule is Cc1cnccc1-c1ncc(CCNCC(=O)N2CCCC2)[nH]1. The van der Waals surface area contributed by atoms with Crippen molar-refractivity contribution in [3.63, 3.8) is 0 Å². The Morgan fingerprint density at radius 3 is 2.96 bits per heavy atom. The summed E-state index contributed by atoms with van der Waals surface area (Å²) in [6.07, 6.45) is 8.57. The van der Waals surface area contributed by atoms with Crippen LogP contribution in [0.15, 0.2) is 24.7 Å². The summed E-state index contributed by atoms with van der Waals surface area (Å²) in [5.74, 6) is 1.08. The topological polar surface area (TPSA) is 73.9 Å². The van der Waals surface area contributed by atoms with Gasteiger partial charge in [-0.05, 0) is 31.4 Å². The molecule has 0 radical (unpaired) electrons. The molecule has 0 spiro atoms. The van der Waals surface area contributed by atoms with Gasteiger partial charge in [0.15, 0.2) is 0 Å². The van der Waals surface area contributed by atoms with Gasteiger partial charge in [0.1, 0.15) is 5.82 Å². The van der Waals surface area contributed by atoms with E-state index in [1.54, 1.807) is 6.20 Å². The van der Waals surface area contributed by atoms with Crippen LogP contribution in [-0.2, 0) is 11.2 Å². The average molecular weight is 313 g/mol. The van der Waals surface area contributed by atoms with Crippen molar-refractivity contribution in [2.24, 2.45) is 0 Å². The summed E-state index contributed by atoms with van der Waals surface area (Å²) < 4.78 is 0. The van der Waals surface area contributed by atoms with E-state index in [0.717, 1.165) is 61.5 Å². The quantitative estimate of drug-likeness (QED) is 0.793. The van der Waals surface area contributed by atoms with Crippen molar-refractivity contribution in [2.45, 2.75) is 26.2 Å². The third-order valence-corrected chi connectivity index (χ3v) is 4.21. The molecule has 0 saturated carbocycles. The first-order valence-corrected chi connectivity index (χ1v) is 8.17. The lowest BCUT2D eigenvalue weighted by Gasteiger charge is -2.15. The third-order valence-electron chi connectivity index (χ3n) is 4.21. The first-order valence-electron chi connectivity index (χ1n) is 8.17. The summed E-state index contributed by atoms with van der Waals surface area (Å²) >= 11 is 0. The van der Waals surface area contributed by atoms with Crippen LogP contribution in [0.3, 0.4) is 0 Å². The summed E-state index contributed by atoms with van der Waals surface area (Å²) in [7, 11) is 0. The number of carbonyl (C=O) groups is 1. The Morgan fingerprint density at radius 2 is 2.17 bits per heavy atom. The number of aromatic nitrogens is 3. The van der Waals surface area contributed by atoms with Crippen molar-refractivity contribution >= 4 is 5.91 Å². The lowest BCUT2D eigenvalue weighted by molar-refractivity contribution is -0.129. The molecule has 2 N–H and O–H groups in total. The summed E-state index contributed by atoms with van der Waals surface area (Å²) in [5.41, 5.74) is 3.24. The fourth-order valence-corrected chi connectivity index (χ4v) is 2.86. The molecule has 0 bridgehead atoms. The summed E-state index contributed by atoms with van der Waals surface area (Å²) in [4.78, 5) is 25.7. The van der Waals surface area contributed by atoms with E-state index in [4.69, 9.17) is 0 Å². The van der Waals surface area contributed by atoms with Crippen LogP contribution in [0.4, 0.5) is 0 Å². The number of likely N-dealkylation sites (tertiary alicyclic amines) is 1. The molecule has 1 saturated heterocycles. The molecule has 3 rings (SSSR count). The lowest BCUT2D eigenvalue weighted by Crippen LogP contribution is -2.36. The predicted molar refractivity (Wildman–Crippen MR) is 88.9 cm³/mol. The number of carbonyl (C=O) groups excluding carboxylic acids is 1. The van der Waals surface area contributed by atoms with Crippen molar-refractivity contribution in [1.82, 2.24) is 25.2 Å². The van der Waals surface area contributed by atoms with Gasteiger partial charge in [0, 0.05) is 55.9 Å². The van der Waals surface area contributed by atoms with E-state index < -0.39 is 0 Å². The van der Waals surface area contributed by atoms with Crippen LogP contribution in [0.2, 0.25) is 0 Å². The average Bonchev–Trinajstić information content (AvgIpc) is 3.23. The van der Waals surface area contributed by atoms with Crippen LogP contribution >= 0.6 is 0 Å². The number of pyridine rings is 1. The van der Waals surface area contributed by atoms with Crippen LogP contribution < -0.4 is 5.32 Å². The zero-order valence-electron chi connectivity index (χ0n) is 13.5. The monoisotopic (exact) mass is 313 g/mol. The second-order valence-corrected chi connectivity index (χ2v) is 5.96. The highest BCUT2D eigenvalue weighted by molar-refractivity contribution is 5.78. The van der Waals surface area contributed by atoms with Gasteiger partial charge in [-0.25, -0.2) is 4.98 Å². The highest BCUT2D eigenvalue weighted by Crippen LogP contribution is 2.18. The normalized spacial score (nSPS) is 14.4. The van der Waals surface area contributed by atoms with E-state index in [1.807, 2.05) is 30.3 Å². The van der Waals surface area contributed by atoms with Crippen LogP contribution in [-0.4, -0.2) is 51.9 Å². The number of H-pyrrole nitrogens is 1. The van der Waals surface area contributed by atoms with Crippen LogP contribution in [0.25, 0.3) is 11.4 Å². The fourth-order valence-electron chi connectivity index (χ4n) is 2.86. The minimum absolute atomic E-state index is 0.209.